The van der Waals surface area contributed by atoms with E-state index >= 15 is 0 Å². The lowest BCUT2D eigenvalue weighted by molar-refractivity contribution is 0.0696. The zero-order valence-corrected chi connectivity index (χ0v) is 11.1. The van der Waals surface area contributed by atoms with Gasteiger partial charge in [0.1, 0.15) is 10.6 Å². The lowest BCUT2D eigenvalue weighted by atomic mass is 10.2. The van der Waals surface area contributed by atoms with E-state index in [1.165, 1.54) is 23.0 Å². The molecule has 0 amide bonds. The smallest absolute Gasteiger partial charge is 0.335 e. The summed E-state index contributed by atoms with van der Waals surface area (Å²) >= 11 is 0. The van der Waals surface area contributed by atoms with Crippen molar-refractivity contribution in [2.24, 2.45) is 7.05 Å². The Labute approximate surface area is 114 Å². The second kappa shape index (κ2) is 4.85. The van der Waals surface area contributed by atoms with Crippen LogP contribution in [0.15, 0.2) is 35.5 Å². The molecule has 0 fully saturated rings. The van der Waals surface area contributed by atoms with E-state index in [-0.39, 0.29) is 16.1 Å². The predicted molar refractivity (Wildman–Crippen MR) is 69.1 cm³/mol. The molecule has 0 radical (unpaired) electrons. The number of anilines is 1. The highest BCUT2D eigenvalue weighted by Crippen LogP contribution is 2.26. The van der Waals surface area contributed by atoms with Gasteiger partial charge in [0, 0.05) is 13.2 Å². The number of aromatic nitrogens is 2. The van der Waals surface area contributed by atoms with Crippen LogP contribution in [0.3, 0.4) is 0 Å². The van der Waals surface area contributed by atoms with Crippen molar-refractivity contribution in [3.8, 4) is 5.75 Å². The number of aryl methyl sites for hydroxylation is 1. The van der Waals surface area contributed by atoms with Gasteiger partial charge in [0.25, 0.3) is 10.0 Å². The Morgan fingerprint density at radius 3 is 2.60 bits per heavy atom. The molecule has 0 aliphatic rings. The summed E-state index contributed by atoms with van der Waals surface area (Å²) in [6, 6.07) is 3.32. The predicted octanol–water partition coefficient (Wildman–Crippen LogP) is 0.625. The van der Waals surface area contributed by atoms with Crippen LogP contribution in [0, 0.1) is 0 Å². The van der Waals surface area contributed by atoms with Crippen LogP contribution in [0.2, 0.25) is 0 Å². The molecule has 8 nitrogen and oxygen atoms in total. The lowest BCUT2D eigenvalue weighted by Crippen LogP contribution is -2.12. The highest BCUT2D eigenvalue weighted by molar-refractivity contribution is 7.92. The molecule has 0 spiro atoms. The highest BCUT2D eigenvalue weighted by Gasteiger charge is 2.18. The maximum atomic E-state index is 12.0. The molecule has 3 N–H and O–H groups in total. The van der Waals surface area contributed by atoms with E-state index in [0.717, 1.165) is 12.3 Å². The molecule has 106 valence electrons. The van der Waals surface area contributed by atoms with Crippen LogP contribution in [0.5, 0.6) is 5.75 Å². The summed E-state index contributed by atoms with van der Waals surface area (Å²) < 4.78 is 27.5. The minimum absolute atomic E-state index is 0.0679. The largest absolute Gasteiger partial charge is 0.506 e. The standard InChI is InChI=1S/C11H11N3O5S/c1-14-6-8(5-12-14)20(18,19)13-9-3-2-7(11(16)17)4-10(9)15/h2-6,13,15H,1H3,(H,16,17). The topological polar surface area (TPSA) is 122 Å². The normalized spacial score (nSPS) is 11.2. The van der Waals surface area contributed by atoms with Gasteiger partial charge in [0.2, 0.25) is 0 Å². The molecule has 0 saturated heterocycles. The number of rotatable bonds is 4. The second-order valence-corrected chi connectivity index (χ2v) is 5.67. The van der Waals surface area contributed by atoms with Gasteiger partial charge in [-0.3, -0.25) is 9.40 Å². The van der Waals surface area contributed by atoms with Gasteiger partial charge in [-0.15, -0.1) is 0 Å². The van der Waals surface area contributed by atoms with Crippen molar-refractivity contribution < 1.29 is 23.4 Å². The number of hydrogen-bond donors (Lipinski definition) is 3. The third-order valence-corrected chi connectivity index (χ3v) is 3.80. The van der Waals surface area contributed by atoms with Crippen molar-refractivity contribution in [2.45, 2.75) is 4.90 Å². The van der Waals surface area contributed by atoms with Crippen LogP contribution < -0.4 is 4.72 Å². The van der Waals surface area contributed by atoms with Gasteiger partial charge in [-0.1, -0.05) is 0 Å². The number of phenols is 1. The molecule has 1 aromatic carbocycles. The Kier molecular flexibility index (Phi) is 3.36. The van der Waals surface area contributed by atoms with Crippen LogP contribution in [0.1, 0.15) is 10.4 Å². The van der Waals surface area contributed by atoms with E-state index in [1.807, 2.05) is 0 Å². The number of phenolic OH excluding ortho intramolecular Hbond substituents is 1. The van der Waals surface area contributed by atoms with E-state index in [4.69, 9.17) is 5.11 Å². The first-order chi connectivity index (χ1) is 9.29. The first-order valence-electron chi connectivity index (χ1n) is 5.37. The number of benzene rings is 1. The number of carboxylic acids is 1. The van der Waals surface area contributed by atoms with Gasteiger partial charge in [-0.2, -0.15) is 5.10 Å². The Bertz CT molecular complexity index is 766. The van der Waals surface area contributed by atoms with Crippen molar-refractivity contribution in [1.29, 1.82) is 0 Å². The number of aromatic carboxylic acids is 1. The number of nitrogens with zero attached hydrogens (tertiary/aromatic N) is 2. The molecule has 1 aromatic heterocycles. The zero-order valence-electron chi connectivity index (χ0n) is 10.3. The molecule has 0 aliphatic carbocycles. The van der Waals surface area contributed by atoms with E-state index < -0.39 is 21.7 Å². The summed E-state index contributed by atoms with van der Waals surface area (Å²) in [6.07, 6.45) is 2.45. The van der Waals surface area contributed by atoms with Crippen LogP contribution in [0.25, 0.3) is 0 Å². The maximum absolute atomic E-state index is 12.0. The van der Waals surface area contributed by atoms with Crippen molar-refractivity contribution in [3.05, 3.63) is 36.2 Å². The molecule has 0 saturated carbocycles. The van der Waals surface area contributed by atoms with Gasteiger partial charge in [-0.25, -0.2) is 13.2 Å². The highest BCUT2D eigenvalue weighted by atomic mass is 32.2. The molecule has 0 unspecified atom stereocenters. The monoisotopic (exact) mass is 297 g/mol. The van der Waals surface area contributed by atoms with Gasteiger partial charge in [0.15, 0.2) is 0 Å². The summed E-state index contributed by atoms with van der Waals surface area (Å²) in [5, 5.41) is 22.1. The fourth-order valence-electron chi connectivity index (χ4n) is 1.49. The summed E-state index contributed by atoms with van der Waals surface area (Å²) in [7, 11) is -2.32. The van der Waals surface area contributed by atoms with Gasteiger partial charge < -0.3 is 10.2 Å². The second-order valence-electron chi connectivity index (χ2n) is 3.99. The van der Waals surface area contributed by atoms with E-state index in [0.29, 0.717) is 0 Å². The first-order valence-corrected chi connectivity index (χ1v) is 6.86. The number of carbonyl (C=O) groups is 1. The summed E-state index contributed by atoms with van der Waals surface area (Å²) in [5.74, 6) is -1.70. The van der Waals surface area contributed by atoms with Crippen molar-refractivity contribution in [3.63, 3.8) is 0 Å². The van der Waals surface area contributed by atoms with Crippen LogP contribution in [-0.4, -0.2) is 34.4 Å². The summed E-state index contributed by atoms with van der Waals surface area (Å²) in [5.41, 5.74) is -0.259. The molecule has 20 heavy (non-hydrogen) atoms. The lowest BCUT2D eigenvalue weighted by Gasteiger charge is -2.08. The third-order valence-electron chi connectivity index (χ3n) is 2.48. The first kappa shape index (κ1) is 13.9. The molecule has 2 rings (SSSR count). The Morgan fingerprint density at radius 2 is 2.10 bits per heavy atom. The molecule has 9 heteroatoms. The van der Waals surface area contributed by atoms with Gasteiger partial charge >= 0.3 is 5.97 Å². The molecule has 0 bridgehead atoms. The average molecular weight is 297 g/mol. The number of sulfonamides is 1. The molecule has 1 heterocycles. The Hall–Kier alpha value is -2.55. The molecule has 2 aromatic rings. The fourth-order valence-corrected chi connectivity index (χ4v) is 2.55. The van der Waals surface area contributed by atoms with Gasteiger partial charge in [0.05, 0.1) is 17.4 Å². The van der Waals surface area contributed by atoms with Crippen molar-refractivity contribution >= 4 is 21.7 Å². The molecular formula is C11H11N3O5S. The minimum atomic E-state index is -3.89. The molecule has 0 aliphatic heterocycles. The van der Waals surface area contributed by atoms with E-state index in [9.17, 15) is 18.3 Å². The van der Waals surface area contributed by atoms with Crippen LogP contribution in [0.4, 0.5) is 5.69 Å². The van der Waals surface area contributed by atoms with Crippen molar-refractivity contribution in [2.75, 3.05) is 4.72 Å². The maximum Gasteiger partial charge on any atom is 0.335 e. The summed E-state index contributed by atoms with van der Waals surface area (Å²) in [6.45, 7) is 0. The van der Waals surface area contributed by atoms with E-state index in [1.54, 1.807) is 7.05 Å². The number of hydrogen-bond acceptors (Lipinski definition) is 5. The van der Waals surface area contributed by atoms with Crippen LogP contribution >= 0.6 is 0 Å². The molecule has 0 atom stereocenters. The van der Waals surface area contributed by atoms with Crippen molar-refractivity contribution in [1.82, 2.24) is 9.78 Å². The SMILES string of the molecule is Cn1cc(S(=O)(=O)Nc2ccc(C(=O)O)cc2O)cn1. The molecular weight excluding hydrogens is 286 g/mol. The summed E-state index contributed by atoms with van der Waals surface area (Å²) in [4.78, 5) is 10.6. The zero-order chi connectivity index (χ0) is 14.9. The Morgan fingerprint density at radius 1 is 1.40 bits per heavy atom. The third kappa shape index (κ3) is 2.72. The minimum Gasteiger partial charge on any atom is -0.506 e. The van der Waals surface area contributed by atoms with E-state index in [2.05, 4.69) is 9.82 Å². The van der Waals surface area contributed by atoms with Gasteiger partial charge in [-0.05, 0) is 18.2 Å². The Balaban J connectivity index is 2.32. The fraction of sp³-hybridized carbons (Fsp3) is 0.0909. The quantitative estimate of drug-likeness (QED) is 0.711. The van der Waals surface area contributed by atoms with Crippen LogP contribution in [-0.2, 0) is 17.1 Å². The number of nitrogens with one attached hydrogen (secondary N) is 1. The average Bonchev–Trinajstić information content (AvgIpc) is 2.79. The number of aromatic hydroxyl groups is 1. The number of carboxylic acid groups (broad SMARTS) is 1.